The molecule has 0 saturated heterocycles. The SMILES string of the molecule is CCCCCCC(=O)OC(=O)C(Cl)(Cl)Cl. The zero-order chi connectivity index (χ0) is 11.9. The van der Waals surface area contributed by atoms with Crippen LogP contribution in [-0.4, -0.2) is 15.7 Å². The van der Waals surface area contributed by atoms with Gasteiger partial charge in [-0.05, 0) is 6.42 Å². The van der Waals surface area contributed by atoms with Crippen molar-refractivity contribution in [1.29, 1.82) is 0 Å². The summed E-state index contributed by atoms with van der Waals surface area (Å²) in [5.41, 5.74) is 0. The molecule has 0 atom stereocenters. The molecule has 88 valence electrons. The van der Waals surface area contributed by atoms with Crippen molar-refractivity contribution in [3.63, 3.8) is 0 Å². The van der Waals surface area contributed by atoms with Gasteiger partial charge in [-0.25, -0.2) is 4.79 Å². The predicted octanol–water partition coefficient (Wildman–Crippen LogP) is 3.40. The third-order valence-electron chi connectivity index (χ3n) is 1.67. The van der Waals surface area contributed by atoms with Crippen LogP contribution < -0.4 is 0 Å². The highest BCUT2D eigenvalue weighted by molar-refractivity contribution is 6.75. The monoisotopic (exact) mass is 274 g/mol. The zero-order valence-electron chi connectivity index (χ0n) is 8.39. The van der Waals surface area contributed by atoms with E-state index in [1.807, 2.05) is 0 Å². The quantitative estimate of drug-likeness (QED) is 0.334. The van der Waals surface area contributed by atoms with E-state index in [0.29, 0.717) is 6.42 Å². The van der Waals surface area contributed by atoms with E-state index in [4.69, 9.17) is 34.8 Å². The first-order valence-corrected chi connectivity index (χ1v) is 5.83. The third-order valence-corrected chi connectivity index (χ3v) is 2.14. The minimum atomic E-state index is -2.18. The number of ether oxygens (including phenoxy) is 1. The Bertz CT molecular complexity index is 223. The average molecular weight is 276 g/mol. The van der Waals surface area contributed by atoms with Crippen LogP contribution in [0, 0.1) is 0 Å². The third kappa shape index (κ3) is 7.88. The number of alkyl halides is 3. The Labute approximate surface area is 104 Å². The van der Waals surface area contributed by atoms with Crippen molar-refractivity contribution in [2.75, 3.05) is 0 Å². The largest absolute Gasteiger partial charge is 0.390 e. The molecule has 0 aliphatic heterocycles. The molecule has 0 unspecified atom stereocenters. The van der Waals surface area contributed by atoms with Crippen LogP contribution in [0.15, 0.2) is 0 Å². The van der Waals surface area contributed by atoms with Gasteiger partial charge in [-0.3, -0.25) is 4.79 Å². The summed E-state index contributed by atoms with van der Waals surface area (Å²) in [7, 11) is 0. The van der Waals surface area contributed by atoms with Crippen LogP contribution in [-0.2, 0) is 14.3 Å². The first-order valence-electron chi connectivity index (χ1n) is 4.69. The molecule has 0 aromatic heterocycles. The van der Waals surface area contributed by atoms with E-state index in [0.717, 1.165) is 19.3 Å². The minimum absolute atomic E-state index is 0.173. The van der Waals surface area contributed by atoms with Gasteiger partial charge in [0.1, 0.15) is 0 Å². The van der Waals surface area contributed by atoms with Gasteiger partial charge in [0.2, 0.25) is 0 Å². The average Bonchev–Trinajstić information content (AvgIpc) is 2.11. The summed E-state index contributed by atoms with van der Waals surface area (Å²) in [6.07, 6.45) is 3.90. The maximum atomic E-state index is 11.0. The highest BCUT2D eigenvalue weighted by Crippen LogP contribution is 2.27. The number of rotatable bonds is 5. The molecule has 0 amide bonds. The van der Waals surface area contributed by atoms with Gasteiger partial charge in [0.25, 0.3) is 3.79 Å². The van der Waals surface area contributed by atoms with Gasteiger partial charge in [-0.15, -0.1) is 0 Å². The summed E-state index contributed by atoms with van der Waals surface area (Å²) in [6.45, 7) is 2.06. The lowest BCUT2D eigenvalue weighted by Crippen LogP contribution is -2.25. The molecule has 0 spiro atoms. The summed E-state index contributed by atoms with van der Waals surface area (Å²) in [5, 5.41) is 0. The second kappa shape index (κ2) is 7.31. The molecule has 0 aliphatic rings. The fraction of sp³-hybridized carbons (Fsp3) is 0.778. The second-order valence-electron chi connectivity index (χ2n) is 3.07. The van der Waals surface area contributed by atoms with E-state index in [2.05, 4.69) is 11.7 Å². The number of carbonyl (C=O) groups excluding carboxylic acids is 2. The minimum Gasteiger partial charge on any atom is -0.390 e. The molecular weight excluding hydrogens is 262 g/mol. The fourth-order valence-electron chi connectivity index (χ4n) is 0.908. The normalized spacial score (nSPS) is 11.2. The van der Waals surface area contributed by atoms with Crippen molar-refractivity contribution in [2.24, 2.45) is 0 Å². The molecule has 6 heteroatoms. The Morgan fingerprint density at radius 3 is 2.20 bits per heavy atom. The van der Waals surface area contributed by atoms with Gasteiger partial charge in [0, 0.05) is 6.42 Å². The van der Waals surface area contributed by atoms with Crippen molar-refractivity contribution in [2.45, 2.75) is 42.8 Å². The Morgan fingerprint density at radius 2 is 1.73 bits per heavy atom. The molecule has 0 N–H and O–H groups in total. The van der Waals surface area contributed by atoms with Crippen LogP contribution in [0.4, 0.5) is 0 Å². The van der Waals surface area contributed by atoms with Crippen molar-refractivity contribution < 1.29 is 14.3 Å². The number of carbonyl (C=O) groups is 2. The Morgan fingerprint density at radius 1 is 1.13 bits per heavy atom. The maximum Gasteiger partial charge on any atom is 0.366 e. The highest BCUT2D eigenvalue weighted by Gasteiger charge is 2.34. The number of hydrogen-bond donors (Lipinski definition) is 0. The highest BCUT2D eigenvalue weighted by atomic mass is 35.6. The van der Waals surface area contributed by atoms with E-state index in [1.165, 1.54) is 0 Å². The number of halogens is 3. The van der Waals surface area contributed by atoms with Crippen molar-refractivity contribution in [1.82, 2.24) is 0 Å². The molecule has 0 rings (SSSR count). The van der Waals surface area contributed by atoms with E-state index in [1.54, 1.807) is 0 Å². The van der Waals surface area contributed by atoms with Crippen LogP contribution in [0.3, 0.4) is 0 Å². The molecule has 3 nitrogen and oxygen atoms in total. The lowest BCUT2D eigenvalue weighted by molar-refractivity contribution is -0.159. The molecule has 0 heterocycles. The summed E-state index contributed by atoms with van der Waals surface area (Å²) in [5.74, 6) is -1.80. The molecule has 0 fully saturated rings. The molecular formula is C9H13Cl3O3. The number of esters is 2. The van der Waals surface area contributed by atoms with Gasteiger partial charge in [-0.2, -0.15) is 0 Å². The van der Waals surface area contributed by atoms with Gasteiger partial charge < -0.3 is 4.74 Å². The molecule has 0 aliphatic carbocycles. The van der Waals surface area contributed by atoms with Crippen LogP contribution in [0.2, 0.25) is 0 Å². The fourth-order valence-corrected chi connectivity index (χ4v) is 1.02. The first-order chi connectivity index (χ1) is 6.88. The molecule has 15 heavy (non-hydrogen) atoms. The van der Waals surface area contributed by atoms with E-state index in [9.17, 15) is 9.59 Å². The summed E-state index contributed by atoms with van der Waals surface area (Å²) in [4.78, 5) is 22.0. The lowest BCUT2D eigenvalue weighted by Gasteiger charge is -2.08. The van der Waals surface area contributed by atoms with Gasteiger partial charge in [-0.1, -0.05) is 61.0 Å². The van der Waals surface area contributed by atoms with Crippen LogP contribution in [0.25, 0.3) is 0 Å². The summed E-state index contributed by atoms with van der Waals surface area (Å²) in [6, 6.07) is 0. The van der Waals surface area contributed by atoms with E-state index >= 15 is 0 Å². The number of hydrogen-bond acceptors (Lipinski definition) is 3. The van der Waals surface area contributed by atoms with Crippen molar-refractivity contribution in [3.05, 3.63) is 0 Å². The molecule has 0 aromatic rings. The topological polar surface area (TPSA) is 43.4 Å². The van der Waals surface area contributed by atoms with Crippen molar-refractivity contribution >= 4 is 46.7 Å². The van der Waals surface area contributed by atoms with Gasteiger partial charge in [0.05, 0.1) is 0 Å². The Balaban J connectivity index is 3.71. The molecule has 0 aromatic carbocycles. The Hall–Kier alpha value is 0.01000. The van der Waals surface area contributed by atoms with Crippen LogP contribution >= 0.6 is 34.8 Å². The number of unbranched alkanes of at least 4 members (excludes halogenated alkanes) is 3. The smallest absolute Gasteiger partial charge is 0.366 e. The first kappa shape index (κ1) is 15.0. The summed E-state index contributed by atoms with van der Waals surface area (Å²) < 4.78 is 2.14. The van der Waals surface area contributed by atoms with Crippen LogP contribution in [0.1, 0.15) is 39.0 Å². The molecule has 0 radical (unpaired) electrons. The van der Waals surface area contributed by atoms with E-state index < -0.39 is 15.7 Å². The lowest BCUT2D eigenvalue weighted by atomic mass is 10.2. The van der Waals surface area contributed by atoms with Gasteiger partial charge in [0.15, 0.2) is 0 Å². The standard InChI is InChI=1S/C9H13Cl3O3/c1-2-3-4-5-6-7(13)15-8(14)9(10,11)12/h2-6H2,1H3. The van der Waals surface area contributed by atoms with Crippen LogP contribution in [0.5, 0.6) is 0 Å². The molecule has 0 saturated carbocycles. The maximum absolute atomic E-state index is 11.0. The second-order valence-corrected chi connectivity index (χ2v) is 5.35. The van der Waals surface area contributed by atoms with Crippen molar-refractivity contribution in [3.8, 4) is 0 Å². The van der Waals surface area contributed by atoms with E-state index in [-0.39, 0.29) is 6.42 Å². The molecule has 0 bridgehead atoms. The summed E-state index contributed by atoms with van der Waals surface area (Å²) >= 11 is 15.6. The van der Waals surface area contributed by atoms with Gasteiger partial charge >= 0.3 is 11.9 Å². The zero-order valence-corrected chi connectivity index (χ0v) is 10.7. The Kier molecular flexibility index (Phi) is 7.32. The predicted molar refractivity (Wildman–Crippen MR) is 60.1 cm³/mol.